The van der Waals surface area contributed by atoms with E-state index < -0.39 is 9.39 Å². The molecule has 1 unspecified atom stereocenters. The van der Waals surface area contributed by atoms with Crippen LogP contribution in [0.1, 0.15) is 12.0 Å². The zero-order valence-corrected chi connectivity index (χ0v) is 13.3. The molecule has 0 spiro atoms. The van der Waals surface area contributed by atoms with Gasteiger partial charge >= 0.3 is 0 Å². The lowest BCUT2D eigenvalue weighted by atomic mass is 9.97. The first-order chi connectivity index (χ1) is 9.47. The van der Waals surface area contributed by atoms with E-state index in [0.29, 0.717) is 24.0 Å². The Morgan fingerprint density at radius 1 is 1.40 bits per heavy atom. The second-order valence-corrected chi connectivity index (χ2v) is 7.88. The zero-order valence-electron chi connectivity index (χ0n) is 10.2. The van der Waals surface area contributed by atoms with E-state index in [1.807, 2.05) is 29.6 Å². The van der Waals surface area contributed by atoms with Crippen LogP contribution in [0.2, 0.25) is 0 Å². The van der Waals surface area contributed by atoms with Crippen molar-refractivity contribution in [3.63, 3.8) is 0 Å². The topological polar surface area (TPSA) is 34.6 Å². The van der Waals surface area contributed by atoms with Gasteiger partial charge in [-0.25, -0.2) is 4.98 Å². The Balaban J connectivity index is 1.81. The fraction of sp³-hybridized carbons (Fsp3) is 0.308. The largest absolute Gasteiger partial charge is 0.431 e. The van der Waals surface area contributed by atoms with Crippen LogP contribution in [0, 0.1) is 0 Å². The normalized spacial score (nSPS) is 21.8. The Bertz CT molecular complexity index is 594. The highest BCUT2D eigenvalue weighted by molar-refractivity contribution is 7.11. The average Bonchev–Trinajstić information content (AvgIpc) is 2.95. The summed E-state index contributed by atoms with van der Waals surface area (Å²) in [6.45, 7) is 0.543. The summed E-state index contributed by atoms with van der Waals surface area (Å²) in [5, 5.41) is 2.45. The van der Waals surface area contributed by atoms with Gasteiger partial charge in [0.1, 0.15) is 11.4 Å². The molecular formula is C13H10Cl3NO2S. The van der Waals surface area contributed by atoms with Gasteiger partial charge in [0.25, 0.3) is 5.19 Å². The van der Waals surface area contributed by atoms with E-state index in [2.05, 4.69) is 4.98 Å². The summed E-state index contributed by atoms with van der Waals surface area (Å²) in [4.78, 5) is 4.08. The van der Waals surface area contributed by atoms with E-state index in [-0.39, 0.29) is 0 Å². The number of hydrogen-bond acceptors (Lipinski definition) is 4. The maximum atomic E-state index is 5.87. The Morgan fingerprint density at radius 3 is 2.80 bits per heavy atom. The number of rotatable bonds is 4. The molecule has 1 aromatic carbocycles. The van der Waals surface area contributed by atoms with Crippen molar-refractivity contribution in [2.24, 2.45) is 0 Å². The van der Waals surface area contributed by atoms with Crippen molar-refractivity contribution in [1.82, 2.24) is 4.98 Å². The van der Waals surface area contributed by atoms with E-state index >= 15 is 0 Å². The van der Waals surface area contributed by atoms with Crippen molar-refractivity contribution >= 4 is 46.1 Å². The smallest absolute Gasteiger partial charge is 0.278 e. The third-order valence-corrected chi connectivity index (χ3v) is 4.00. The van der Waals surface area contributed by atoms with Gasteiger partial charge in [-0.1, -0.05) is 58.3 Å². The van der Waals surface area contributed by atoms with Crippen LogP contribution in [0.3, 0.4) is 0 Å². The van der Waals surface area contributed by atoms with Crippen molar-refractivity contribution in [2.75, 3.05) is 6.61 Å². The van der Waals surface area contributed by atoms with Crippen LogP contribution in [0.15, 0.2) is 35.8 Å². The molecule has 1 aliphatic heterocycles. The van der Waals surface area contributed by atoms with Gasteiger partial charge in [0, 0.05) is 18.0 Å². The molecule has 7 heteroatoms. The highest BCUT2D eigenvalue weighted by atomic mass is 35.6. The summed E-state index contributed by atoms with van der Waals surface area (Å²) < 4.78 is 9.85. The molecule has 2 heterocycles. The molecule has 1 fully saturated rings. The number of halogens is 3. The van der Waals surface area contributed by atoms with Crippen LogP contribution in [0.5, 0.6) is 10.9 Å². The molecule has 0 amide bonds. The average molecular weight is 351 g/mol. The predicted molar refractivity (Wildman–Crippen MR) is 81.2 cm³/mol. The quantitative estimate of drug-likeness (QED) is 0.580. The molecular weight excluding hydrogens is 341 g/mol. The highest BCUT2D eigenvalue weighted by Gasteiger charge is 2.51. The van der Waals surface area contributed by atoms with Crippen LogP contribution in [0.4, 0.5) is 0 Å². The van der Waals surface area contributed by atoms with Crippen LogP contribution in [0.25, 0.3) is 0 Å². The molecule has 3 nitrogen and oxygen atoms in total. The van der Waals surface area contributed by atoms with Crippen molar-refractivity contribution in [1.29, 1.82) is 0 Å². The molecule has 0 bridgehead atoms. The third-order valence-electron chi connectivity index (χ3n) is 2.95. The lowest BCUT2D eigenvalue weighted by molar-refractivity contribution is 0.294. The summed E-state index contributed by atoms with van der Waals surface area (Å²) in [5.74, 6) is 0.691. The van der Waals surface area contributed by atoms with E-state index in [1.165, 1.54) is 11.3 Å². The molecule has 0 aliphatic carbocycles. The predicted octanol–water partition coefficient (Wildman–Crippen LogP) is 4.92. The summed E-state index contributed by atoms with van der Waals surface area (Å²) >= 11 is 19.1. The second-order valence-electron chi connectivity index (χ2n) is 4.50. The lowest BCUT2D eigenvalue weighted by Crippen LogP contribution is -2.18. The number of ether oxygens (including phenoxy) is 2. The van der Waals surface area contributed by atoms with E-state index in [1.54, 1.807) is 6.20 Å². The Hall–Kier alpha value is -0.520. The van der Waals surface area contributed by atoms with Crippen molar-refractivity contribution in [3.05, 3.63) is 41.4 Å². The summed E-state index contributed by atoms with van der Waals surface area (Å²) in [5.41, 5.74) is 0.422. The monoisotopic (exact) mass is 349 g/mol. The molecule has 0 saturated carbocycles. The van der Waals surface area contributed by atoms with Crippen LogP contribution < -0.4 is 4.74 Å². The van der Waals surface area contributed by atoms with Crippen molar-refractivity contribution < 1.29 is 9.47 Å². The zero-order chi connectivity index (χ0) is 14.2. The lowest BCUT2D eigenvalue weighted by Gasteiger charge is -2.18. The van der Waals surface area contributed by atoms with Crippen LogP contribution in [-0.4, -0.2) is 15.4 Å². The first-order valence-corrected chi connectivity index (χ1v) is 7.87. The Morgan fingerprint density at radius 2 is 2.20 bits per heavy atom. The van der Waals surface area contributed by atoms with Gasteiger partial charge in [-0.15, -0.1) is 0 Å². The number of alkyl halides is 3. The molecule has 20 heavy (non-hydrogen) atoms. The van der Waals surface area contributed by atoms with Gasteiger partial charge < -0.3 is 9.47 Å². The van der Waals surface area contributed by atoms with Crippen molar-refractivity contribution in [2.45, 2.75) is 15.8 Å². The maximum absolute atomic E-state index is 5.87. The molecule has 1 aliphatic rings. The molecule has 1 atom stereocenters. The standard InChI is InChI=1S/C13H10Cl3NO2S/c14-13(15,16)7-12(8-18-12)9-2-1-3-10(6-9)19-11-17-4-5-20-11/h1-6H,7-8H2. The number of hydrogen-bond donors (Lipinski definition) is 0. The second kappa shape index (κ2) is 5.35. The fourth-order valence-corrected chi connectivity index (χ4v) is 3.14. The number of benzene rings is 1. The number of epoxide rings is 1. The van der Waals surface area contributed by atoms with Crippen LogP contribution in [-0.2, 0) is 10.3 Å². The van der Waals surface area contributed by atoms with E-state index in [0.717, 1.165) is 5.56 Å². The molecule has 2 aromatic rings. The molecule has 1 saturated heterocycles. The molecule has 106 valence electrons. The minimum atomic E-state index is -1.34. The van der Waals surface area contributed by atoms with Crippen molar-refractivity contribution in [3.8, 4) is 10.9 Å². The summed E-state index contributed by atoms with van der Waals surface area (Å²) in [6, 6.07) is 7.58. The Labute approximate surface area is 135 Å². The molecule has 1 aromatic heterocycles. The van der Waals surface area contributed by atoms with Gasteiger partial charge in [0.15, 0.2) is 3.79 Å². The summed E-state index contributed by atoms with van der Waals surface area (Å²) in [7, 11) is 0. The van der Waals surface area contributed by atoms with Gasteiger partial charge in [-0.2, -0.15) is 0 Å². The number of thiazole rings is 1. The minimum absolute atomic E-state index is 0.311. The Kier molecular flexibility index (Phi) is 3.86. The van der Waals surface area contributed by atoms with Gasteiger partial charge in [-0.3, -0.25) is 0 Å². The summed E-state index contributed by atoms with van der Waals surface area (Å²) in [6.07, 6.45) is 2.00. The minimum Gasteiger partial charge on any atom is -0.431 e. The SMILES string of the molecule is ClC(Cl)(Cl)CC1(c2cccc(Oc3nccs3)c2)CO1. The van der Waals surface area contributed by atoms with Gasteiger partial charge in [0.2, 0.25) is 0 Å². The fourth-order valence-electron chi connectivity index (χ4n) is 1.99. The van der Waals surface area contributed by atoms with Gasteiger partial charge in [0.05, 0.1) is 6.61 Å². The number of aromatic nitrogens is 1. The first kappa shape index (κ1) is 14.4. The first-order valence-electron chi connectivity index (χ1n) is 5.85. The molecule has 0 radical (unpaired) electrons. The highest BCUT2D eigenvalue weighted by Crippen LogP contribution is 2.50. The van der Waals surface area contributed by atoms with Gasteiger partial charge in [-0.05, 0) is 17.7 Å². The van der Waals surface area contributed by atoms with Crippen LogP contribution >= 0.6 is 46.1 Å². The molecule has 0 N–H and O–H groups in total. The molecule has 3 rings (SSSR count). The number of nitrogens with zero attached hydrogens (tertiary/aromatic N) is 1. The van der Waals surface area contributed by atoms with E-state index in [4.69, 9.17) is 44.3 Å². The van der Waals surface area contributed by atoms with E-state index in [9.17, 15) is 0 Å². The maximum Gasteiger partial charge on any atom is 0.278 e. The third kappa shape index (κ3) is 3.38.